The molecule has 1 saturated heterocycles. The second kappa shape index (κ2) is 25.1. The molecule has 0 aliphatic carbocycles. The van der Waals surface area contributed by atoms with Crippen LogP contribution in [-0.2, 0) is 38.4 Å². The van der Waals surface area contributed by atoms with E-state index in [-0.39, 0.29) is 42.9 Å². The van der Waals surface area contributed by atoms with Gasteiger partial charge in [-0.3, -0.25) is 24.2 Å². The number of rotatable bonds is 10. The summed E-state index contributed by atoms with van der Waals surface area (Å²) >= 11 is 0. The van der Waals surface area contributed by atoms with Crippen LogP contribution in [-0.4, -0.2) is 71.4 Å². The zero-order chi connectivity index (χ0) is 44.1. The highest BCUT2D eigenvalue weighted by Gasteiger charge is 2.31. The lowest BCUT2D eigenvalue weighted by Gasteiger charge is -2.32. The number of nitrogens with zero attached hydrogens (tertiary/aromatic N) is 2. The molecular weight excluding hydrogens is 779 g/mol. The zero-order valence-corrected chi connectivity index (χ0v) is 36.4. The van der Waals surface area contributed by atoms with E-state index in [1.54, 1.807) is 24.1 Å². The zero-order valence-electron chi connectivity index (χ0n) is 36.4. The molecule has 0 spiro atoms. The molecule has 1 heterocycles. The maximum Gasteiger partial charge on any atom is 0.244 e. The molecule has 5 rings (SSSR count). The third kappa shape index (κ3) is 15.5. The lowest BCUT2D eigenvalue weighted by Crippen LogP contribution is -2.58. The van der Waals surface area contributed by atoms with Crippen LogP contribution in [0.5, 0.6) is 5.75 Å². The van der Waals surface area contributed by atoms with Crippen molar-refractivity contribution < 1.29 is 24.3 Å². The Morgan fingerprint density at radius 2 is 1.24 bits per heavy atom. The van der Waals surface area contributed by atoms with Gasteiger partial charge in [0, 0.05) is 38.8 Å². The molecule has 12 heteroatoms. The predicted molar refractivity (Wildman–Crippen MR) is 247 cm³/mol. The van der Waals surface area contributed by atoms with E-state index >= 15 is 0 Å². The molecule has 8 N–H and O–H groups in total. The van der Waals surface area contributed by atoms with E-state index in [0.29, 0.717) is 32.1 Å². The minimum Gasteiger partial charge on any atom is -0.508 e. The van der Waals surface area contributed by atoms with E-state index in [9.17, 15) is 24.3 Å². The molecule has 1 aliphatic heterocycles. The summed E-state index contributed by atoms with van der Waals surface area (Å²) in [5, 5.41) is 21.3. The summed E-state index contributed by atoms with van der Waals surface area (Å²) in [5.41, 5.74) is 14.0. The highest BCUT2D eigenvalue weighted by Crippen LogP contribution is 2.23. The van der Waals surface area contributed by atoms with Gasteiger partial charge in [0.05, 0.1) is 0 Å². The molecule has 12 nitrogen and oxygen atoms in total. The number of nitrogens with two attached hydrogens (primary N) is 2. The molecule has 4 aromatic rings. The van der Waals surface area contributed by atoms with E-state index in [0.717, 1.165) is 91.7 Å². The van der Waals surface area contributed by atoms with Gasteiger partial charge in [0.15, 0.2) is 5.96 Å². The number of phenols is 1. The van der Waals surface area contributed by atoms with Crippen molar-refractivity contribution in [3.8, 4) is 5.75 Å². The van der Waals surface area contributed by atoms with Crippen LogP contribution >= 0.6 is 0 Å². The predicted octanol–water partition coefficient (Wildman–Crippen LogP) is 6.81. The summed E-state index contributed by atoms with van der Waals surface area (Å²) < 4.78 is 0. The number of likely N-dealkylation sites (N-methyl/N-ethyl adjacent to an activating group) is 1. The molecule has 4 amide bonds. The summed E-state index contributed by atoms with van der Waals surface area (Å²) in [6.07, 6.45) is 12.2. The number of aromatic hydroxyl groups is 1. The van der Waals surface area contributed by atoms with Crippen LogP contribution in [0, 0.1) is 5.92 Å². The quantitative estimate of drug-likeness (QED) is 0.0574. The molecule has 0 bridgehead atoms. The molecule has 4 atom stereocenters. The summed E-state index contributed by atoms with van der Waals surface area (Å²) in [6, 6.07) is 28.4. The van der Waals surface area contributed by atoms with Gasteiger partial charge in [-0.2, -0.15) is 0 Å². The van der Waals surface area contributed by atoms with Crippen LogP contribution in [0.15, 0.2) is 102 Å². The lowest BCUT2D eigenvalue weighted by atomic mass is 9.91. The number of carbonyl (C=O) groups excluding carboxylic acids is 4. The van der Waals surface area contributed by atoms with Crippen LogP contribution in [0.25, 0.3) is 10.8 Å². The molecule has 62 heavy (non-hydrogen) atoms. The normalized spacial score (nSPS) is 21.0. The van der Waals surface area contributed by atoms with Gasteiger partial charge in [-0.15, -0.1) is 0 Å². The fourth-order valence-corrected chi connectivity index (χ4v) is 8.30. The Labute approximate surface area is 367 Å². The average Bonchev–Trinajstić information content (AvgIpc) is 3.27. The first-order valence-corrected chi connectivity index (χ1v) is 22.6. The van der Waals surface area contributed by atoms with Crippen molar-refractivity contribution in [2.45, 2.75) is 127 Å². The minimum absolute atomic E-state index is 0.0640. The van der Waals surface area contributed by atoms with Crippen molar-refractivity contribution in [3.63, 3.8) is 0 Å². The Morgan fingerprint density at radius 1 is 0.645 bits per heavy atom. The second-order valence-electron chi connectivity index (χ2n) is 16.8. The second-order valence-corrected chi connectivity index (χ2v) is 16.8. The number of carbonyl (C=O) groups is 4. The van der Waals surface area contributed by atoms with E-state index in [1.807, 2.05) is 84.9 Å². The summed E-state index contributed by atoms with van der Waals surface area (Å²) in [4.78, 5) is 63.0. The topological polar surface area (TPSA) is 192 Å². The summed E-state index contributed by atoms with van der Waals surface area (Å²) in [6.45, 7) is 0.239. The van der Waals surface area contributed by atoms with Crippen molar-refractivity contribution in [2.75, 3.05) is 13.6 Å². The number of guanidine groups is 1. The minimum atomic E-state index is -1.04. The van der Waals surface area contributed by atoms with Crippen molar-refractivity contribution in [1.29, 1.82) is 0 Å². The monoisotopic (exact) mass is 846 g/mol. The molecule has 0 radical (unpaired) electrons. The first-order valence-electron chi connectivity index (χ1n) is 22.6. The molecule has 332 valence electrons. The number of benzene rings is 4. The number of fused-ring (bicyclic) bond motifs is 1. The maximum atomic E-state index is 14.6. The Kier molecular flexibility index (Phi) is 19.1. The molecule has 1 fully saturated rings. The molecular formula is C50H67N7O5. The Balaban J connectivity index is 1.46. The first kappa shape index (κ1) is 47.1. The molecule has 0 aromatic heterocycles. The van der Waals surface area contributed by atoms with Gasteiger partial charge in [0.1, 0.15) is 24.0 Å². The van der Waals surface area contributed by atoms with E-state index in [4.69, 9.17) is 11.5 Å². The van der Waals surface area contributed by atoms with Gasteiger partial charge in [0.25, 0.3) is 0 Å². The van der Waals surface area contributed by atoms with Crippen molar-refractivity contribution in [1.82, 2.24) is 20.9 Å². The largest absolute Gasteiger partial charge is 0.508 e. The highest BCUT2D eigenvalue weighted by atomic mass is 16.3. The molecule has 0 saturated carbocycles. The molecule has 1 aliphatic rings. The lowest BCUT2D eigenvalue weighted by molar-refractivity contribution is -0.136. The van der Waals surface area contributed by atoms with Crippen LogP contribution in [0.4, 0.5) is 0 Å². The maximum absolute atomic E-state index is 14.6. The van der Waals surface area contributed by atoms with Gasteiger partial charge in [-0.05, 0) is 71.7 Å². The third-order valence-electron chi connectivity index (χ3n) is 11.9. The first-order chi connectivity index (χ1) is 30.1. The molecule has 4 aromatic carbocycles. The van der Waals surface area contributed by atoms with Gasteiger partial charge in [0.2, 0.25) is 23.6 Å². The van der Waals surface area contributed by atoms with Gasteiger partial charge in [-0.25, -0.2) is 0 Å². The number of hydrogen-bond donors (Lipinski definition) is 6. The number of phenolic OH excluding ortho intramolecular Hbond substituents is 1. The van der Waals surface area contributed by atoms with Crippen LogP contribution < -0.4 is 27.4 Å². The van der Waals surface area contributed by atoms with E-state index in [1.165, 1.54) is 0 Å². The summed E-state index contributed by atoms with van der Waals surface area (Å²) in [7, 11) is 1.73. The SMILES string of the molecule is CN1C(=O)CCCCCCCCCCCCC(Cc2ccc(O)cc2)C(=O)NC(Cc2ccccc2)C(=O)NC(CCCN=C(N)N)C(=O)NC1Cc1cccc2ccccc12. The van der Waals surface area contributed by atoms with Crippen molar-refractivity contribution >= 4 is 40.4 Å². The number of amides is 4. The fraction of sp³-hybridized carbons (Fsp3) is 0.460. The Hall–Kier alpha value is -5.91. The standard InChI is InChI=1S/C50H67N7O5/c1-57-45(35-39-24-17-23-38-21-15-16-25-42(38)39)56-48(61)43(26-18-32-53-50(51)52)54-49(62)44(34-36-19-11-10-12-20-36)55-47(60)40(33-37-28-30-41(58)31-29-37)22-13-8-6-4-2-3-5-7-9-14-27-46(57)59/h10-12,15-17,19-21,23-25,28-31,40,43-45,58H,2-9,13-14,18,22,26-27,32-35H2,1H3,(H,54,62)(H,55,60)(H,56,61)(H4,51,52,53). The van der Waals surface area contributed by atoms with Crippen molar-refractivity contribution in [2.24, 2.45) is 22.4 Å². The van der Waals surface area contributed by atoms with Gasteiger partial charge in [-0.1, -0.05) is 143 Å². The van der Waals surface area contributed by atoms with Crippen LogP contribution in [0.3, 0.4) is 0 Å². The smallest absolute Gasteiger partial charge is 0.244 e. The van der Waals surface area contributed by atoms with Gasteiger partial charge < -0.3 is 37.4 Å². The number of nitrogens with one attached hydrogen (secondary N) is 3. The van der Waals surface area contributed by atoms with Crippen LogP contribution in [0.1, 0.15) is 107 Å². The average molecular weight is 846 g/mol. The fourth-order valence-electron chi connectivity index (χ4n) is 8.30. The highest BCUT2D eigenvalue weighted by molar-refractivity contribution is 5.93. The van der Waals surface area contributed by atoms with E-state index in [2.05, 4.69) is 20.9 Å². The van der Waals surface area contributed by atoms with E-state index < -0.39 is 36.0 Å². The molecule has 4 unspecified atom stereocenters. The third-order valence-corrected chi connectivity index (χ3v) is 11.9. The Morgan fingerprint density at radius 3 is 1.95 bits per heavy atom. The summed E-state index contributed by atoms with van der Waals surface area (Å²) in [5.74, 6) is -1.61. The van der Waals surface area contributed by atoms with Gasteiger partial charge >= 0.3 is 0 Å². The van der Waals surface area contributed by atoms with Crippen LogP contribution in [0.2, 0.25) is 0 Å². The van der Waals surface area contributed by atoms with Crippen molar-refractivity contribution in [3.05, 3.63) is 114 Å². The number of aliphatic imine (C=N–C) groups is 1. The number of hydrogen-bond acceptors (Lipinski definition) is 6. The Bertz CT molecular complexity index is 2050.